The summed E-state index contributed by atoms with van der Waals surface area (Å²) >= 11 is 0. The molecule has 1 aromatic rings. The first-order valence-corrected chi connectivity index (χ1v) is 9.08. The molecule has 0 unspecified atom stereocenters. The number of nitrogens with zero attached hydrogens (tertiary/aromatic N) is 3. The van der Waals surface area contributed by atoms with E-state index in [9.17, 15) is 0 Å². The van der Waals surface area contributed by atoms with Gasteiger partial charge in [-0.15, -0.1) is 0 Å². The third-order valence-electron chi connectivity index (χ3n) is 3.97. The largest absolute Gasteiger partial charge is 0.508 e. The Kier molecular flexibility index (Phi) is 11.5. The summed E-state index contributed by atoms with van der Waals surface area (Å²) in [6.07, 6.45) is 0. The molecule has 5 nitrogen and oxygen atoms in total. The molecule has 138 valence electrons. The van der Waals surface area contributed by atoms with E-state index in [1.807, 2.05) is 0 Å². The maximum absolute atomic E-state index is 8.65. The molecule has 5 heteroatoms. The van der Waals surface area contributed by atoms with Crippen LogP contribution in [0, 0.1) is 0 Å². The van der Waals surface area contributed by atoms with Gasteiger partial charge in [0, 0.05) is 6.07 Å². The molecule has 0 saturated heterocycles. The molecule has 0 aliphatic carbocycles. The maximum Gasteiger partial charge on any atom is 0.350 e. The molecular formula is C19H36N3O2+. The SMILES string of the molecule is CCN(CC)C(N(CC)CC)=[N+](CC)CC.Oc1cccc(O)c1. The van der Waals surface area contributed by atoms with Crippen molar-refractivity contribution >= 4 is 5.96 Å². The van der Waals surface area contributed by atoms with Gasteiger partial charge < -0.3 is 10.2 Å². The van der Waals surface area contributed by atoms with Gasteiger partial charge in [-0.3, -0.25) is 14.4 Å². The fraction of sp³-hybridized carbons (Fsp3) is 0.632. The monoisotopic (exact) mass is 338 g/mol. The Morgan fingerprint density at radius 3 is 1.38 bits per heavy atom. The van der Waals surface area contributed by atoms with Crippen molar-refractivity contribution in [3.05, 3.63) is 24.3 Å². The lowest BCUT2D eigenvalue weighted by Crippen LogP contribution is -2.49. The Morgan fingerprint density at radius 1 is 0.792 bits per heavy atom. The lowest BCUT2D eigenvalue weighted by atomic mass is 10.3. The van der Waals surface area contributed by atoms with Gasteiger partial charge in [0.1, 0.15) is 11.5 Å². The Bertz CT molecular complexity index is 444. The highest BCUT2D eigenvalue weighted by molar-refractivity contribution is 5.75. The molecule has 24 heavy (non-hydrogen) atoms. The smallest absolute Gasteiger partial charge is 0.350 e. The number of phenols is 2. The van der Waals surface area contributed by atoms with Crippen molar-refractivity contribution in [3.8, 4) is 11.5 Å². The number of rotatable bonds is 6. The van der Waals surface area contributed by atoms with E-state index < -0.39 is 0 Å². The van der Waals surface area contributed by atoms with Gasteiger partial charge >= 0.3 is 5.96 Å². The van der Waals surface area contributed by atoms with Crippen LogP contribution in [0.3, 0.4) is 0 Å². The summed E-state index contributed by atoms with van der Waals surface area (Å²) < 4.78 is 2.46. The third kappa shape index (κ3) is 7.11. The van der Waals surface area contributed by atoms with Crippen LogP contribution in [0.2, 0.25) is 0 Å². The van der Waals surface area contributed by atoms with E-state index in [0.29, 0.717) is 0 Å². The molecule has 1 aromatic carbocycles. The number of hydrogen-bond acceptors (Lipinski definition) is 2. The second-order valence-electron chi connectivity index (χ2n) is 5.34. The van der Waals surface area contributed by atoms with Gasteiger partial charge in [-0.05, 0) is 53.7 Å². The zero-order valence-electron chi connectivity index (χ0n) is 16.3. The fourth-order valence-corrected chi connectivity index (χ4v) is 2.61. The summed E-state index contributed by atoms with van der Waals surface area (Å²) in [5, 5.41) is 17.3. The van der Waals surface area contributed by atoms with E-state index in [2.05, 4.69) is 55.9 Å². The number of phenolic OH excluding ortho intramolecular Hbond substituents is 2. The molecule has 0 amide bonds. The minimum Gasteiger partial charge on any atom is -0.508 e. The lowest BCUT2D eigenvalue weighted by molar-refractivity contribution is -0.531. The summed E-state index contributed by atoms with van der Waals surface area (Å²) in [6, 6.07) is 5.85. The highest BCUT2D eigenvalue weighted by atomic mass is 16.3. The average molecular weight is 339 g/mol. The normalized spacial score (nSPS) is 9.75. The Morgan fingerprint density at radius 2 is 1.17 bits per heavy atom. The molecule has 0 heterocycles. The molecule has 1 rings (SSSR count). The van der Waals surface area contributed by atoms with Crippen molar-refractivity contribution in [1.82, 2.24) is 9.80 Å². The molecule has 0 aliphatic heterocycles. The Balaban J connectivity index is 0.000000546. The van der Waals surface area contributed by atoms with Gasteiger partial charge in [0.15, 0.2) is 0 Å². The van der Waals surface area contributed by atoms with Crippen LogP contribution < -0.4 is 0 Å². The van der Waals surface area contributed by atoms with E-state index in [4.69, 9.17) is 10.2 Å². The van der Waals surface area contributed by atoms with E-state index in [1.54, 1.807) is 6.07 Å². The zero-order valence-corrected chi connectivity index (χ0v) is 16.3. The first kappa shape index (κ1) is 22.1. The summed E-state index contributed by atoms with van der Waals surface area (Å²) in [5.74, 6) is 1.58. The molecule has 0 bridgehead atoms. The van der Waals surface area contributed by atoms with E-state index in [-0.39, 0.29) is 11.5 Å². The van der Waals surface area contributed by atoms with Crippen molar-refractivity contribution in [2.45, 2.75) is 41.5 Å². The lowest BCUT2D eigenvalue weighted by Gasteiger charge is -2.27. The topological polar surface area (TPSA) is 50.0 Å². The molecule has 0 aromatic heterocycles. The molecule has 0 saturated carbocycles. The van der Waals surface area contributed by atoms with Crippen LogP contribution in [0.1, 0.15) is 41.5 Å². The van der Waals surface area contributed by atoms with E-state index in [0.717, 1.165) is 39.3 Å². The van der Waals surface area contributed by atoms with Gasteiger partial charge in [-0.1, -0.05) is 6.07 Å². The van der Waals surface area contributed by atoms with Gasteiger partial charge in [0.05, 0.1) is 39.3 Å². The predicted molar refractivity (Wildman–Crippen MR) is 102 cm³/mol. The minimum absolute atomic E-state index is 0.0880. The van der Waals surface area contributed by atoms with Crippen molar-refractivity contribution < 1.29 is 14.8 Å². The van der Waals surface area contributed by atoms with Crippen LogP contribution >= 0.6 is 0 Å². The zero-order chi connectivity index (χ0) is 18.5. The summed E-state index contributed by atoms with van der Waals surface area (Å²) in [4.78, 5) is 4.92. The van der Waals surface area contributed by atoms with Crippen molar-refractivity contribution in [2.75, 3.05) is 39.3 Å². The van der Waals surface area contributed by atoms with Gasteiger partial charge in [-0.2, -0.15) is 0 Å². The highest BCUT2D eigenvalue weighted by Crippen LogP contribution is 2.14. The van der Waals surface area contributed by atoms with Gasteiger partial charge in [0.25, 0.3) is 0 Å². The van der Waals surface area contributed by atoms with Crippen LogP contribution in [-0.2, 0) is 0 Å². The first-order chi connectivity index (χ1) is 11.5. The standard InChI is InChI=1S/C13H30N3.C6H6O2/c1-7-14(8-2)13(15(9-3)10-4)16(11-5)12-6;7-5-2-1-3-6(8)4-5/h7-12H2,1-6H3;1-4,7-8H/q+1;. The number of aromatic hydroxyl groups is 2. The Labute approximate surface area is 147 Å². The summed E-state index contributed by atoms with van der Waals surface area (Å²) in [6.45, 7) is 19.9. The summed E-state index contributed by atoms with van der Waals surface area (Å²) in [7, 11) is 0. The second kappa shape index (κ2) is 12.5. The van der Waals surface area contributed by atoms with E-state index >= 15 is 0 Å². The minimum atomic E-state index is 0.0880. The van der Waals surface area contributed by atoms with Crippen molar-refractivity contribution in [3.63, 3.8) is 0 Å². The van der Waals surface area contributed by atoms with Crippen molar-refractivity contribution in [1.29, 1.82) is 0 Å². The molecule has 0 radical (unpaired) electrons. The number of guanidine groups is 1. The molecule has 0 aliphatic rings. The van der Waals surface area contributed by atoms with Crippen LogP contribution in [0.5, 0.6) is 11.5 Å². The first-order valence-electron chi connectivity index (χ1n) is 9.08. The molecule has 0 spiro atoms. The second-order valence-corrected chi connectivity index (χ2v) is 5.34. The molecule has 2 N–H and O–H groups in total. The maximum atomic E-state index is 8.65. The predicted octanol–water partition coefficient (Wildman–Crippen LogP) is 3.18. The highest BCUT2D eigenvalue weighted by Gasteiger charge is 2.24. The van der Waals surface area contributed by atoms with Crippen molar-refractivity contribution in [2.24, 2.45) is 0 Å². The van der Waals surface area contributed by atoms with Gasteiger partial charge in [0.2, 0.25) is 0 Å². The summed E-state index contributed by atoms with van der Waals surface area (Å²) in [5.41, 5.74) is 0. The van der Waals surface area contributed by atoms with Crippen LogP contribution in [0.25, 0.3) is 0 Å². The van der Waals surface area contributed by atoms with Crippen LogP contribution in [0.4, 0.5) is 0 Å². The third-order valence-corrected chi connectivity index (χ3v) is 3.97. The fourth-order valence-electron chi connectivity index (χ4n) is 2.61. The van der Waals surface area contributed by atoms with Crippen LogP contribution in [-0.4, -0.2) is 69.8 Å². The quantitative estimate of drug-likeness (QED) is 0.475. The van der Waals surface area contributed by atoms with Gasteiger partial charge in [-0.25, -0.2) is 0 Å². The number of hydrogen-bond donors (Lipinski definition) is 2. The number of benzene rings is 1. The molecular weight excluding hydrogens is 302 g/mol. The Hall–Kier alpha value is -1.91. The molecule has 0 atom stereocenters. The van der Waals surface area contributed by atoms with Crippen LogP contribution in [0.15, 0.2) is 24.3 Å². The average Bonchev–Trinajstić information content (AvgIpc) is 2.58. The molecule has 0 fully saturated rings. The van der Waals surface area contributed by atoms with E-state index in [1.165, 1.54) is 24.2 Å².